The number of carbonyl (C=O) groups is 1. The number of hydrogen-bond acceptors (Lipinski definition) is 3. The van der Waals surface area contributed by atoms with Crippen molar-refractivity contribution in [3.8, 4) is 0 Å². The summed E-state index contributed by atoms with van der Waals surface area (Å²) >= 11 is 1.74. The van der Waals surface area contributed by atoms with E-state index in [4.69, 9.17) is 5.73 Å². The minimum Gasteiger partial charge on any atom is -0.308 e. The van der Waals surface area contributed by atoms with Crippen LogP contribution in [0.1, 0.15) is 17.2 Å². The SMILES string of the molecule is C=CC(N)N1C(=O)CC(c2ccccc2)Sc2c1ccc1ccccc21. The molecule has 4 rings (SSSR count). The van der Waals surface area contributed by atoms with Crippen LogP contribution < -0.4 is 10.6 Å². The average Bonchev–Trinajstić information content (AvgIpc) is 2.84. The van der Waals surface area contributed by atoms with Crippen LogP contribution in [0.5, 0.6) is 0 Å². The highest BCUT2D eigenvalue weighted by molar-refractivity contribution is 8.00. The molecule has 2 atom stereocenters. The van der Waals surface area contributed by atoms with Crippen LogP contribution in [-0.4, -0.2) is 12.1 Å². The fourth-order valence-electron chi connectivity index (χ4n) is 3.41. The minimum atomic E-state index is -0.544. The van der Waals surface area contributed by atoms with Crippen LogP contribution in [0.15, 0.2) is 84.3 Å². The molecule has 1 aliphatic rings. The topological polar surface area (TPSA) is 46.3 Å². The lowest BCUT2D eigenvalue weighted by Crippen LogP contribution is -2.44. The van der Waals surface area contributed by atoms with Gasteiger partial charge >= 0.3 is 0 Å². The Bertz CT molecular complexity index is 970. The van der Waals surface area contributed by atoms with E-state index in [0.717, 1.165) is 26.9 Å². The second kappa shape index (κ2) is 6.98. The zero-order valence-electron chi connectivity index (χ0n) is 14.3. The number of hydrogen-bond donors (Lipinski definition) is 1. The molecule has 1 heterocycles. The summed E-state index contributed by atoms with van der Waals surface area (Å²) in [5, 5.41) is 2.36. The van der Waals surface area contributed by atoms with Gasteiger partial charge in [0.25, 0.3) is 0 Å². The highest BCUT2D eigenvalue weighted by Gasteiger charge is 2.32. The van der Waals surface area contributed by atoms with Crippen LogP contribution >= 0.6 is 11.8 Å². The molecule has 0 spiro atoms. The first kappa shape index (κ1) is 16.9. The van der Waals surface area contributed by atoms with Crippen LogP contribution in [-0.2, 0) is 4.79 Å². The Balaban J connectivity index is 1.92. The van der Waals surface area contributed by atoms with Gasteiger partial charge in [-0.15, -0.1) is 11.8 Å². The van der Waals surface area contributed by atoms with Crippen molar-refractivity contribution in [2.75, 3.05) is 4.90 Å². The van der Waals surface area contributed by atoms with Crippen molar-refractivity contribution < 1.29 is 4.79 Å². The quantitative estimate of drug-likeness (QED) is 0.677. The van der Waals surface area contributed by atoms with Crippen molar-refractivity contribution in [1.29, 1.82) is 0 Å². The van der Waals surface area contributed by atoms with Crippen molar-refractivity contribution >= 4 is 34.1 Å². The number of benzene rings is 3. The molecule has 3 aromatic rings. The molecule has 3 aromatic carbocycles. The van der Waals surface area contributed by atoms with Gasteiger partial charge in [-0.25, -0.2) is 0 Å². The fraction of sp³-hybridized carbons (Fsp3) is 0.136. The maximum Gasteiger partial charge on any atom is 0.230 e. The largest absolute Gasteiger partial charge is 0.308 e. The Labute approximate surface area is 157 Å². The number of amides is 1. The lowest BCUT2D eigenvalue weighted by Gasteiger charge is -2.27. The first-order valence-corrected chi connectivity index (χ1v) is 9.50. The molecular weight excluding hydrogens is 340 g/mol. The van der Waals surface area contributed by atoms with E-state index in [9.17, 15) is 4.79 Å². The highest BCUT2D eigenvalue weighted by Crippen LogP contribution is 2.48. The molecule has 0 aromatic heterocycles. The van der Waals surface area contributed by atoms with Crippen LogP contribution in [0.25, 0.3) is 10.8 Å². The first-order valence-electron chi connectivity index (χ1n) is 8.62. The second-order valence-electron chi connectivity index (χ2n) is 6.35. The average molecular weight is 360 g/mol. The van der Waals surface area contributed by atoms with Gasteiger partial charge in [0, 0.05) is 16.6 Å². The Kier molecular flexibility index (Phi) is 4.53. The van der Waals surface area contributed by atoms with Crippen LogP contribution in [0, 0.1) is 0 Å². The van der Waals surface area contributed by atoms with Gasteiger partial charge in [0.05, 0.1) is 5.69 Å². The smallest absolute Gasteiger partial charge is 0.230 e. The molecule has 0 saturated carbocycles. The van der Waals surface area contributed by atoms with E-state index in [1.807, 2.05) is 42.5 Å². The Morgan fingerprint density at radius 1 is 1.08 bits per heavy atom. The summed E-state index contributed by atoms with van der Waals surface area (Å²) in [6, 6.07) is 22.5. The molecule has 1 amide bonds. The van der Waals surface area contributed by atoms with Gasteiger partial charge in [0.1, 0.15) is 6.17 Å². The summed E-state index contributed by atoms with van der Waals surface area (Å²) in [5.41, 5.74) is 8.25. The molecule has 0 bridgehead atoms. The Morgan fingerprint density at radius 3 is 2.58 bits per heavy atom. The molecule has 26 heavy (non-hydrogen) atoms. The van der Waals surface area contributed by atoms with Gasteiger partial charge < -0.3 is 5.73 Å². The van der Waals surface area contributed by atoms with Crippen molar-refractivity contribution in [3.05, 3.63) is 84.9 Å². The molecular formula is C22H20N2OS. The summed E-state index contributed by atoms with van der Waals surface area (Å²) in [4.78, 5) is 15.9. The molecule has 0 aliphatic carbocycles. The van der Waals surface area contributed by atoms with Gasteiger partial charge in [-0.2, -0.15) is 0 Å². The van der Waals surface area contributed by atoms with E-state index in [1.54, 1.807) is 22.7 Å². The monoisotopic (exact) mass is 360 g/mol. The summed E-state index contributed by atoms with van der Waals surface area (Å²) in [6.07, 6.45) is 1.47. The third-order valence-electron chi connectivity index (χ3n) is 4.72. The van der Waals surface area contributed by atoms with Crippen molar-refractivity contribution in [2.24, 2.45) is 5.73 Å². The van der Waals surface area contributed by atoms with E-state index in [0.29, 0.717) is 6.42 Å². The zero-order valence-corrected chi connectivity index (χ0v) is 15.2. The van der Waals surface area contributed by atoms with Crippen molar-refractivity contribution in [2.45, 2.75) is 22.7 Å². The number of nitrogens with zero attached hydrogens (tertiary/aromatic N) is 1. The molecule has 2 N–H and O–H groups in total. The summed E-state index contributed by atoms with van der Waals surface area (Å²) in [7, 11) is 0. The minimum absolute atomic E-state index is 0.0211. The third kappa shape index (κ3) is 2.91. The predicted molar refractivity (Wildman–Crippen MR) is 109 cm³/mol. The molecule has 3 nitrogen and oxygen atoms in total. The lowest BCUT2D eigenvalue weighted by atomic mass is 10.1. The van der Waals surface area contributed by atoms with E-state index >= 15 is 0 Å². The highest BCUT2D eigenvalue weighted by atomic mass is 32.2. The van der Waals surface area contributed by atoms with Gasteiger partial charge in [-0.05, 0) is 22.4 Å². The maximum atomic E-state index is 13.1. The Hall–Kier alpha value is -2.56. The van der Waals surface area contributed by atoms with E-state index < -0.39 is 6.17 Å². The van der Waals surface area contributed by atoms with Gasteiger partial charge in [-0.1, -0.05) is 73.3 Å². The number of rotatable bonds is 3. The summed E-state index contributed by atoms with van der Waals surface area (Å²) < 4.78 is 0. The second-order valence-corrected chi connectivity index (χ2v) is 7.56. The van der Waals surface area contributed by atoms with Crippen LogP contribution in [0.2, 0.25) is 0 Å². The summed E-state index contributed by atoms with van der Waals surface area (Å²) in [5.74, 6) is 0.0211. The maximum absolute atomic E-state index is 13.1. The number of thioether (sulfide) groups is 1. The van der Waals surface area contributed by atoms with Gasteiger partial charge in [0.2, 0.25) is 5.91 Å². The van der Waals surface area contributed by atoms with E-state index in [1.165, 1.54) is 0 Å². The Morgan fingerprint density at radius 2 is 1.81 bits per heavy atom. The molecule has 2 unspecified atom stereocenters. The van der Waals surface area contributed by atoms with Crippen LogP contribution in [0.4, 0.5) is 5.69 Å². The normalized spacial score (nSPS) is 18.3. The van der Waals surface area contributed by atoms with Gasteiger partial charge in [0.15, 0.2) is 0 Å². The molecule has 4 heteroatoms. The molecule has 130 valence electrons. The van der Waals surface area contributed by atoms with E-state index in [2.05, 4.69) is 30.8 Å². The number of carbonyl (C=O) groups excluding carboxylic acids is 1. The van der Waals surface area contributed by atoms with Crippen molar-refractivity contribution in [1.82, 2.24) is 0 Å². The molecule has 0 saturated heterocycles. The summed E-state index contributed by atoms with van der Waals surface area (Å²) in [6.45, 7) is 3.79. The number of nitrogens with two attached hydrogens (primary N) is 1. The third-order valence-corrected chi connectivity index (χ3v) is 6.11. The molecule has 0 radical (unpaired) electrons. The van der Waals surface area contributed by atoms with Gasteiger partial charge in [-0.3, -0.25) is 9.69 Å². The van der Waals surface area contributed by atoms with Crippen molar-refractivity contribution in [3.63, 3.8) is 0 Å². The molecule has 1 aliphatic heterocycles. The number of anilines is 1. The predicted octanol–water partition coefficient (Wildman–Crippen LogP) is 4.88. The first-order chi connectivity index (χ1) is 12.7. The number of fused-ring (bicyclic) bond motifs is 3. The fourth-order valence-corrected chi connectivity index (χ4v) is 4.81. The lowest BCUT2D eigenvalue weighted by molar-refractivity contribution is -0.118. The standard InChI is InChI=1S/C22H20N2OS/c1-2-20(23)24-18-13-12-15-8-6-7-11-17(15)22(18)26-19(14-21(24)25)16-9-4-3-5-10-16/h2-13,19-20H,1,14,23H2. The molecule has 0 fully saturated rings. The zero-order chi connectivity index (χ0) is 18.1. The van der Waals surface area contributed by atoms with E-state index in [-0.39, 0.29) is 11.2 Å². The van der Waals surface area contributed by atoms with Crippen LogP contribution in [0.3, 0.4) is 0 Å².